The highest BCUT2D eigenvalue weighted by Gasteiger charge is 2.21. The number of rotatable bonds is 11. The van der Waals surface area contributed by atoms with Crippen molar-refractivity contribution in [1.82, 2.24) is 4.90 Å². The molecule has 0 bridgehead atoms. The van der Waals surface area contributed by atoms with Crippen molar-refractivity contribution in [3.8, 4) is 5.75 Å². The highest BCUT2D eigenvalue weighted by atomic mass is 16.5. The fraction of sp³-hybridized carbons (Fsp3) is 0.458. The second kappa shape index (κ2) is 11.1. The smallest absolute Gasteiger partial charge is 0.150 e. The van der Waals surface area contributed by atoms with E-state index >= 15 is 0 Å². The van der Waals surface area contributed by atoms with Crippen molar-refractivity contribution >= 4 is 12.0 Å². The van der Waals surface area contributed by atoms with Gasteiger partial charge in [-0.05, 0) is 42.7 Å². The quantitative estimate of drug-likeness (QED) is 0.573. The van der Waals surface area contributed by atoms with Crippen LogP contribution in [0.4, 0.5) is 5.69 Å². The van der Waals surface area contributed by atoms with E-state index in [9.17, 15) is 9.90 Å². The molecule has 1 heterocycles. The molecule has 2 aromatic carbocycles. The van der Waals surface area contributed by atoms with Crippen molar-refractivity contribution in [2.75, 3.05) is 45.3 Å². The third-order valence-electron chi connectivity index (χ3n) is 5.25. The second-order valence-electron chi connectivity index (χ2n) is 8.05. The maximum atomic E-state index is 10.9. The van der Waals surface area contributed by atoms with Gasteiger partial charge in [0.05, 0.1) is 6.10 Å². The number of ether oxygens (including phenoxy) is 2. The highest BCUT2D eigenvalue weighted by molar-refractivity contribution is 5.75. The van der Waals surface area contributed by atoms with Gasteiger partial charge in [0, 0.05) is 51.6 Å². The summed E-state index contributed by atoms with van der Waals surface area (Å²) in [5.41, 5.74) is 2.92. The van der Waals surface area contributed by atoms with Gasteiger partial charge in [0.25, 0.3) is 0 Å². The minimum atomic E-state index is -0.646. The first-order valence-corrected chi connectivity index (χ1v) is 10.5. The van der Waals surface area contributed by atoms with Crippen LogP contribution in [0.3, 0.4) is 0 Å². The van der Waals surface area contributed by atoms with Gasteiger partial charge >= 0.3 is 0 Å². The molecule has 1 fully saturated rings. The summed E-state index contributed by atoms with van der Waals surface area (Å²) < 4.78 is 11.5. The van der Waals surface area contributed by atoms with E-state index in [4.69, 9.17) is 9.47 Å². The summed E-state index contributed by atoms with van der Waals surface area (Å²) in [6.45, 7) is 3.00. The molecule has 0 amide bonds. The maximum absolute atomic E-state index is 10.9. The standard InChI is InChI=1S/C24H32N2O4/c1-25(2)21-10-8-19(9-11-21)14-26(16-24-7-4-12-29-24)15-22(28)18-30-23-6-3-5-20(13-23)17-27/h3,5-6,8-11,13,17,22,24,28H,4,7,12,14-16,18H2,1-2H3. The van der Waals surface area contributed by atoms with Crippen molar-refractivity contribution < 1.29 is 19.4 Å². The average Bonchev–Trinajstić information content (AvgIpc) is 3.26. The summed E-state index contributed by atoms with van der Waals surface area (Å²) in [6.07, 6.45) is 2.50. The molecule has 162 valence electrons. The van der Waals surface area contributed by atoms with E-state index in [0.29, 0.717) is 17.9 Å². The van der Waals surface area contributed by atoms with Crippen molar-refractivity contribution in [3.63, 3.8) is 0 Å². The van der Waals surface area contributed by atoms with Crippen LogP contribution in [0.5, 0.6) is 5.75 Å². The Hall–Kier alpha value is -2.41. The zero-order valence-electron chi connectivity index (χ0n) is 17.9. The molecule has 2 unspecified atom stereocenters. The average molecular weight is 413 g/mol. The van der Waals surface area contributed by atoms with Crippen LogP contribution in [0.2, 0.25) is 0 Å². The van der Waals surface area contributed by atoms with Crippen LogP contribution in [0.25, 0.3) is 0 Å². The Morgan fingerprint density at radius 1 is 1.23 bits per heavy atom. The number of carbonyl (C=O) groups is 1. The predicted molar refractivity (Wildman–Crippen MR) is 118 cm³/mol. The Kier molecular flexibility index (Phi) is 8.25. The molecule has 1 aliphatic heterocycles. The molecule has 30 heavy (non-hydrogen) atoms. The maximum Gasteiger partial charge on any atom is 0.150 e. The van der Waals surface area contributed by atoms with Gasteiger partial charge in [0.1, 0.15) is 24.7 Å². The lowest BCUT2D eigenvalue weighted by Gasteiger charge is -2.27. The summed E-state index contributed by atoms with van der Waals surface area (Å²) in [5.74, 6) is 0.587. The number of hydrogen-bond acceptors (Lipinski definition) is 6. The number of carbonyl (C=O) groups excluding carboxylic acids is 1. The fourth-order valence-electron chi connectivity index (χ4n) is 3.66. The lowest BCUT2D eigenvalue weighted by molar-refractivity contribution is 0.0313. The van der Waals surface area contributed by atoms with Crippen LogP contribution in [0.1, 0.15) is 28.8 Å². The van der Waals surface area contributed by atoms with Crippen molar-refractivity contribution in [3.05, 3.63) is 59.7 Å². The molecule has 0 aliphatic carbocycles. The third kappa shape index (κ3) is 6.83. The van der Waals surface area contributed by atoms with Crippen LogP contribution < -0.4 is 9.64 Å². The molecule has 6 nitrogen and oxygen atoms in total. The minimum Gasteiger partial charge on any atom is -0.491 e. The van der Waals surface area contributed by atoms with Crippen LogP contribution in [-0.2, 0) is 11.3 Å². The number of aliphatic hydroxyl groups is 1. The lowest BCUT2D eigenvalue weighted by atomic mass is 10.1. The summed E-state index contributed by atoms with van der Waals surface area (Å²) in [5, 5.41) is 10.6. The highest BCUT2D eigenvalue weighted by Crippen LogP contribution is 2.18. The van der Waals surface area contributed by atoms with Crippen molar-refractivity contribution in [2.24, 2.45) is 0 Å². The van der Waals surface area contributed by atoms with E-state index in [1.165, 1.54) is 5.56 Å². The van der Waals surface area contributed by atoms with Crippen LogP contribution in [0.15, 0.2) is 48.5 Å². The SMILES string of the molecule is CN(C)c1ccc(CN(CC(O)COc2cccc(C=O)c2)CC2CCCO2)cc1. The Balaban J connectivity index is 1.58. The molecule has 1 saturated heterocycles. The number of hydrogen-bond donors (Lipinski definition) is 1. The van der Waals surface area contributed by atoms with E-state index in [-0.39, 0.29) is 12.7 Å². The molecular weight excluding hydrogens is 380 g/mol. The van der Waals surface area contributed by atoms with Crippen LogP contribution in [-0.4, -0.2) is 68.9 Å². The van der Waals surface area contributed by atoms with Gasteiger partial charge in [0.15, 0.2) is 0 Å². The largest absolute Gasteiger partial charge is 0.491 e. The summed E-state index contributed by atoms with van der Waals surface area (Å²) >= 11 is 0. The van der Waals surface area contributed by atoms with Crippen molar-refractivity contribution in [1.29, 1.82) is 0 Å². The normalized spacial score (nSPS) is 17.1. The predicted octanol–water partition coefficient (Wildman–Crippen LogP) is 2.99. The summed E-state index contributed by atoms with van der Waals surface area (Å²) in [6, 6.07) is 15.4. The Labute approximate surface area is 179 Å². The summed E-state index contributed by atoms with van der Waals surface area (Å²) in [4.78, 5) is 15.2. The first-order valence-electron chi connectivity index (χ1n) is 10.5. The van der Waals surface area contributed by atoms with Gasteiger partial charge in [-0.2, -0.15) is 0 Å². The molecule has 3 rings (SSSR count). The molecular formula is C24H32N2O4. The van der Waals surface area contributed by atoms with Gasteiger partial charge in [-0.3, -0.25) is 9.69 Å². The van der Waals surface area contributed by atoms with Gasteiger partial charge < -0.3 is 19.5 Å². The van der Waals surface area contributed by atoms with Gasteiger partial charge in [-0.15, -0.1) is 0 Å². The number of aliphatic hydroxyl groups excluding tert-OH is 1. The number of benzene rings is 2. The van der Waals surface area contributed by atoms with Gasteiger partial charge in [-0.1, -0.05) is 24.3 Å². The number of anilines is 1. The lowest BCUT2D eigenvalue weighted by Crippen LogP contribution is -2.39. The fourth-order valence-corrected chi connectivity index (χ4v) is 3.66. The second-order valence-corrected chi connectivity index (χ2v) is 8.05. The molecule has 0 aromatic heterocycles. The van der Waals surface area contributed by atoms with Crippen LogP contribution >= 0.6 is 0 Å². The molecule has 1 aliphatic rings. The van der Waals surface area contributed by atoms with E-state index in [1.807, 2.05) is 14.1 Å². The van der Waals surface area contributed by atoms with Gasteiger partial charge in [0.2, 0.25) is 0 Å². The topological polar surface area (TPSA) is 62.2 Å². The third-order valence-corrected chi connectivity index (χ3v) is 5.25. The van der Waals surface area contributed by atoms with Crippen molar-refractivity contribution in [2.45, 2.75) is 31.6 Å². The van der Waals surface area contributed by atoms with E-state index < -0.39 is 6.10 Å². The monoisotopic (exact) mass is 412 g/mol. The molecule has 0 spiro atoms. The van der Waals surface area contributed by atoms with Crippen LogP contribution in [0, 0.1) is 0 Å². The molecule has 2 atom stereocenters. The molecule has 6 heteroatoms. The van der Waals surface area contributed by atoms with E-state index in [2.05, 4.69) is 34.1 Å². The first-order chi connectivity index (χ1) is 14.5. The zero-order valence-corrected chi connectivity index (χ0v) is 17.9. The zero-order chi connectivity index (χ0) is 21.3. The van der Waals surface area contributed by atoms with E-state index in [1.54, 1.807) is 24.3 Å². The Morgan fingerprint density at radius 3 is 2.70 bits per heavy atom. The van der Waals surface area contributed by atoms with E-state index in [0.717, 1.165) is 44.5 Å². The molecule has 2 aromatic rings. The molecule has 0 saturated carbocycles. The minimum absolute atomic E-state index is 0.171. The molecule has 1 N–H and O–H groups in total. The Morgan fingerprint density at radius 2 is 2.03 bits per heavy atom. The van der Waals surface area contributed by atoms with Gasteiger partial charge in [-0.25, -0.2) is 0 Å². The number of nitrogens with zero attached hydrogens (tertiary/aromatic N) is 2. The first kappa shape index (κ1) is 22.3. The summed E-state index contributed by atoms with van der Waals surface area (Å²) in [7, 11) is 4.06. The molecule has 0 radical (unpaired) electrons. The number of aldehydes is 1. The Bertz CT molecular complexity index is 788.